The summed E-state index contributed by atoms with van der Waals surface area (Å²) in [4.78, 5) is 23.5. The van der Waals surface area contributed by atoms with Crippen LogP contribution in [0.1, 0.15) is 70.8 Å². The third-order valence-electron chi connectivity index (χ3n) is 5.42. The van der Waals surface area contributed by atoms with Gasteiger partial charge in [-0.25, -0.2) is 9.97 Å². The number of rotatable bonds is 3. The number of carbonyl (C=O) groups excluding carboxylic acids is 1. The molecule has 3 aromatic rings. The first kappa shape index (κ1) is 20.8. The monoisotopic (exact) mass is 438 g/mol. The van der Waals surface area contributed by atoms with E-state index >= 15 is 0 Å². The Kier molecular flexibility index (Phi) is 5.29. The smallest absolute Gasteiger partial charge is 0.337 e. The molecule has 30 heavy (non-hydrogen) atoms. The van der Waals surface area contributed by atoms with Gasteiger partial charge in [-0.05, 0) is 31.7 Å². The van der Waals surface area contributed by atoms with E-state index in [1.165, 1.54) is 11.3 Å². The zero-order valence-corrected chi connectivity index (χ0v) is 17.6. The number of pyridine rings is 1. The van der Waals surface area contributed by atoms with E-state index in [0.717, 1.165) is 6.07 Å². The van der Waals surface area contributed by atoms with Crippen LogP contribution >= 0.6 is 11.3 Å². The molecule has 0 unspecified atom stereocenters. The number of aromatic nitrogens is 3. The minimum Gasteiger partial charge on any atom is -0.337 e. The zero-order chi connectivity index (χ0) is 21.6. The van der Waals surface area contributed by atoms with Crippen LogP contribution in [-0.4, -0.2) is 39.0 Å². The predicted octanol–water partition coefficient (Wildman–Crippen LogP) is 5.15. The van der Waals surface area contributed by atoms with Gasteiger partial charge in [0.15, 0.2) is 0 Å². The van der Waals surface area contributed by atoms with Gasteiger partial charge in [-0.1, -0.05) is 19.0 Å². The normalized spacial score (nSPS) is 17.8. The van der Waals surface area contributed by atoms with Crippen molar-refractivity contribution in [2.75, 3.05) is 13.1 Å². The van der Waals surface area contributed by atoms with E-state index in [9.17, 15) is 18.0 Å². The number of thiazole rings is 1. The lowest BCUT2D eigenvalue weighted by Gasteiger charge is -2.32. The zero-order valence-electron chi connectivity index (χ0n) is 16.8. The SMILES string of the molecule is Cc1ncsc1C(=O)N1CCC[C@@H](c2noc3nc(C(C)C)cc(C(F)(F)F)c23)C1. The molecule has 10 heteroatoms. The molecule has 0 aromatic carbocycles. The summed E-state index contributed by atoms with van der Waals surface area (Å²) in [5.41, 5.74) is 1.91. The minimum absolute atomic E-state index is 0.0971. The van der Waals surface area contributed by atoms with Crippen LogP contribution in [0.15, 0.2) is 16.1 Å². The second-order valence-electron chi connectivity index (χ2n) is 7.85. The van der Waals surface area contributed by atoms with Gasteiger partial charge in [-0.3, -0.25) is 4.79 Å². The molecule has 0 aliphatic carbocycles. The van der Waals surface area contributed by atoms with Crippen LogP contribution in [0.3, 0.4) is 0 Å². The van der Waals surface area contributed by atoms with E-state index < -0.39 is 11.7 Å². The van der Waals surface area contributed by atoms with Crippen LogP contribution < -0.4 is 0 Å². The van der Waals surface area contributed by atoms with Crippen LogP contribution in [0, 0.1) is 6.92 Å². The van der Waals surface area contributed by atoms with Crippen molar-refractivity contribution in [3.8, 4) is 0 Å². The lowest BCUT2D eigenvalue weighted by Crippen LogP contribution is -2.39. The Balaban J connectivity index is 1.72. The lowest BCUT2D eigenvalue weighted by atomic mass is 9.91. The first-order valence-electron chi connectivity index (χ1n) is 9.73. The number of alkyl halides is 3. The van der Waals surface area contributed by atoms with E-state index in [1.54, 1.807) is 31.2 Å². The Labute approximate surface area is 175 Å². The van der Waals surface area contributed by atoms with E-state index in [4.69, 9.17) is 4.52 Å². The highest BCUT2D eigenvalue weighted by Gasteiger charge is 2.38. The molecule has 1 saturated heterocycles. The van der Waals surface area contributed by atoms with Crippen LogP contribution in [0.4, 0.5) is 13.2 Å². The first-order chi connectivity index (χ1) is 14.2. The molecule has 0 radical (unpaired) electrons. The molecule has 3 aromatic heterocycles. The number of carbonyl (C=O) groups is 1. The highest BCUT2D eigenvalue weighted by atomic mass is 32.1. The summed E-state index contributed by atoms with van der Waals surface area (Å²) in [5, 5.41) is 3.89. The summed E-state index contributed by atoms with van der Waals surface area (Å²) in [6.45, 7) is 6.14. The molecule has 1 atom stereocenters. The number of amides is 1. The number of piperidine rings is 1. The van der Waals surface area contributed by atoms with Gasteiger partial charge in [-0.2, -0.15) is 13.2 Å². The Morgan fingerprint density at radius 3 is 2.77 bits per heavy atom. The summed E-state index contributed by atoms with van der Waals surface area (Å²) in [7, 11) is 0. The minimum atomic E-state index is -4.56. The van der Waals surface area contributed by atoms with Crippen molar-refractivity contribution < 1.29 is 22.5 Å². The number of nitrogens with zero attached hydrogens (tertiary/aromatic N) is 4. The van der Waals surface area contributed by atoms with Gasteiger partial charge >= 0.3 is 6.18 Å². The molecule has 1 aliphatic heterocycles. The molecule has 0 N–H and O–H groups in total. The van der Waals surface area contributed by atoms with E-state index in [2.05, 4.69) is 15.1 Å². The van der Waals surface area contributed by atoms with Crippen molar-refractivity contribution in [2.24, 2.45) is 0 Å². The Hall–Kier alpha value is -2.49. The van der Waals surface area contributed by atoms with E-state index in [1.807, 2.05) is 0 Å². The number of fused-ring (bicyclic) bond motifs is 1. The summed E-state index contributed by atoms with van der Waals surface area (Å²) >= 11 is 1.27. The molecule has 1 fully saturated rings. The molecule has 6 nitrogen and oxygen atoms in total. The third kappa shape index (κ3) is 3.68. The standard InChI is InChI=1S/C20H21F3N4O2S/c1-10(2)14-7-13(20(21,22)23)15-16(26-29-18(15)25-14)12-5-4-6-27(8-12)19(28)17-11(3)24-9-30-17/h7,9-10,12H,4-6,8H2,1-3H3/t12-/m1/s1. The van der Waals surface area contributed by atoms with Gasteiger partial charge in [0.2, 0.25) is 0 Å². The lowest BCUT2D eigenvalue weighted by molar-refractivity contribution is -0.136. The molecule has 4 heterocycles. The van der Waals surface area contributed by atoms with Crippen LogP contribution in [-0.2, 0) is 6.18 Å². The number of aryl methyl sites for hydroxylation is 1. The van der Waals surface area contributed by atoms with Crippen molar-refractivity contribution in [2.45, 2.75) is 51.6 Å². The molecule has 0 saturated carbocycles. The maximum absolute atomic E-state index is 13.9. The maximum Gasteiger partial charge on any atom is 0.417 e. The average molecular weight is 438 g/mol. The van der Waals surface area contributed by atoms with Crippen molar-refractivity contribution in [1.82, 2.24) is 20.0 Å². The fourth-order valence-corrected chi connectivity index (χ4v) is 4.60. The quantitative estimate of drug-likeness (QED) is 0.566. The van der Waals surface area contributed by atoms with Crippen molar-refractivity contribution in [1.29, 1.82) is 0 Å². The fourth-order valence-electron chi connectivity index (χ4n) is 3.83. The van der Waals surface area contributed by atoms with Gasteiger partial charge in [-0.15, -0.1) is 11.3 Å². The van der Waals surface area contributed by atoms with Crippen LogP contribution in [0.2, 0.25) is 0 Å². The first-order valence-corrected chi connectivity index (χ1v) is 10.6. The van der Waals surface area contributed by atoms with E-state index in [-0.39, 0.29) is 41.1 Å². The average Bonchev–Trinajstić information content (AvgIpc) is 3.32. The summed E-state index contributed by atoms with van der Waals surface area (Å²) in [6.07, 6.45) is -3.27. The number of halogens is 3. The Morgan fingerprint density at radius 1 is 1.37 bits per heavy atom. The number of likely N-dealkylation sites (tertiary alicyclic amines) is 1. The largest absolute Gasteiger partial charge is 0.417 e. The summed E-state index contributed by atoms with van der Waals surface area (Å²) in [6, 6.07) is 1.08. The van der Waals surface area contributed by atoms with Gasteiger partial charge in [0.25, 0.3) is 11.6 Å². The van der Waals surface area contributed by atoms with Crippen molar-refractivity contribution >= 4 is 28.3 Å². The molecular weight excluding hydrogens is 417 g/mol. The Bertz CT molecular complexity index is 1090. The highest BCUT2D eigenvalue weighted by molar-refractivity contribution is 7.11. The maximum atomic E-state index is 13.9. The van der Waals surface area contributed by atoms with Crippen LogP contribution in [0.5, 0.6) is 0 Å². The van der Waals surface area contributed by atoms with Crippen molar-refractivity contribution in [3.05, 3.63) is 39.1 Å². The fraction of sp³-hybridized carbons (Fsp3) is 0.500. The van der Waals surface area contributed by atoms with Crippen LogP contribution in [0.25, 0.3) is 11.1 Å². The predicted molar refractivity (Wildman–Crippen MR) is 106 cm³/mol. The van der Waals surface area contributed by atoms with Gasteiger partial charge in [0.05, 0.1) is 27.8 Å². The molecule has 0 bridgehead atoms. The van der Waals surface area contributed by atoms with Gasteiger partial charge < -0.3 is 9.42 Å². The van der Waals surface area contributed by atoms with Gasteiger partial charge in [0, 0.05) is 24.7 Å². The van der Waals surface area contributed by atoms with E-state index in [0.29, 0.717) is 35.7 Å². The number of hydrogen-bond donors (Lipinski definition) is 0. The topological polar surface area (TPSA) is 72.1 Å². The molecule has 1 amide bonds. The molecule has 0 spiro atoms. The summed E-state index contributed by atoms with van der Waals surface area (Å²) in [5.74, 6) is -0.691. The summed E-state index contributed by atoms with van der Waals surface area (Å²) < 4.78 is 46.8. The van der Waals surface area contributed by atoms with Gasteiger partial charge in [0.1, 0.15) is 4.88 Å². The molecule has 4 rings (SSSR count). The molecular formula is C20H21F3N4O2S. The second-order valence-corrected chi connectivity index (χ2v) is 8.71. The second kappa shape index (κ2) is 7.64. The molecule has 160 valence electrons. The third-order valence-corrected chi connectivity index (χ3v) is 6.34. The Morgan fingerprint density at radius 2 is 2.13 bits per heavy atom. The number of hydrogen-bond acceptors (Lipinski definition) is 6. The molecule has 1 aliphatic rings. The van der Waals surface area contributed by atoms with Crippen molar-refractivity contribution in [3.63, 3.8) is 0 Å². The highest BCUT2D eigenvalue weighted by Crippen LogP contribution is 2.41.